The van der Waals surface area contributed by atoms with Gasteiger partial charge in [0.15, 0.2) is 10.2 Å². The molecule has 1 rings (SSSR count). The van der Waals surface area contributed by atoms with Gasteiger partial charge < -0.3 is 4.74 Å². The normalized spacial score (nSPS) is 9.73. The van der Waals surface area contributed by atoms with E-state index in [1.54, 1.807) is 0 Å². The van der Waals surface area contributed by atoms with Crippen molar-refractivity contribution < 1.29 is 9.53 Å². The molecule has 3 nitrogen and oxygen atoms in total. The molecule has 0 amide bonds. The summed E-state index contributed by atoms with van der Waals surface area (Å²) in [6, 6.07) is 0. The van der Waals surface area contributed by atoms with E-state index in [-0.39, 0.29) is 5.69 Å². The van der Waals surface area contributed by atoms with Crippen LogP contribution in [-0.4, -0.2) is 18.1 Å². The predicted octanol–water partition coefficient (Wildman–Crippen LogP) is 2.35. The molecule has 1 aromatic rings. The van der Waals surface area contributed by atoms with E-state index in [1.165, 1.54) is 18.4 Å². The molecule has 0 N–H and O–H groups in total. The van der Waals surface area contributed by atoms with Crippen molar-refractivity contribution in [1.29, 1.82) is 0 Å². The van der Waals surface area contributed by atoms with E-state index in [0.717, 1.165) is 0 Å². The number of nitrogens with zero attached hydrogens (tertiary/aromatic N) is 1. The molecule has 0 radical (unpaired) electrons. The monoisotopic (exact) mass is 255 g/mol. The number of halogens is 2. The lowest BCUT2D eigenvalue weighted by Gasteiger charge is -1.91. The molecule has 0 aliphatic rings. The van der Waals surface area contributed by atoms with Crippen molar-refractivity contribution >= 4 is 44.8 Å². The first-order valence-corrected chi connectivity index (χ1v) is 4.54. The molecule has 60 valence electrons. The number of aromatic nitrogens is 1. The largest absolute Gasteiger partial charge is 0.464 e. The summed E-state index contributed by atoms with van der Waals surface area (Å²) < 4.78 is 5.36. The van der Waals surface area contributed by atoms with Gasteiger partial charge in [0.05, 0.1) is 7.11 Å². The Balaban J connectivity index is 3.03. The third-order valence-electron chi connectivity index (χ3n) is 0.938. The highest BCUT2D eigenvalue weighted by Crippen LogP contribution is 2.28. The van der Waals surface area contributed by atoms with Crippen LogP contribution in [0.3, 0.4) is 0 Å². The van der Waals surface area contributed by atoms with Crippen LogP contribution < -0.4 is 0 Å². The number of rotatable bonds is 1. The van der Waals surface area contributed by atoms with Gasteiger partial charge in [0.25, 0.3) is 0 Å². The average Bonchev–Trinajstić information content (AvgIpc) is 2.28. The number of hydrogen-bond acceptors (Lipinski definition) is 4. The molecule has 0 saturated heterocycles. The Kier molecular flexibility index (Phi) is 2.86. The number of methoxy groups -OCH3 is 1. The highest BCUT2D eigenvalue weighted by atomic mass is 79.9. The molecule has 0 aliphatic heterocycles. The van der Waals surface area contributed by atoms with E-state index >= 15 is 0 Å². The van der Waals surface area contributed by atoms with Crippen molar-refractivity contribution in [1.82, 2.24) is 4.98 Å². The fraction of sp³-hybridized carbons (Fsp3) is 0.200. The molecule has 0 fully saturated rings. The summed E-state index contributed by atoms with van der Waals surface area (Å²) in [6.45, 7) is 0. The van der Waals surface area contributed by atoms with Crippen molar-refractivity contribution in [3.8, 4) is 0 Å². The maximum atomic E-state index is 10.9. The van der Waals surface area contributed by atoms with Crippen molar-refractivity contribution in [2.75, 3.05) is 7.11 Å². The number of esters is 1. The van der Waals surface area contributed by atoms with Gasteiger partial charge in [0.1, 0.15) is 3.79 Å². The van der Waals surface area contributed by atoms with Gasteiger partial charge in [-0.1, -0.05) is 22.9 Å². The van der Waals surface area contributed by atoms with Crippen LogP contribution in [-0.2, 0) is 4.74 Å². The third kappa shape index (κ3) is 1.91. The standard InChI is InChI=1S/C5H3BrClNO2S/c1-10-4(9)2-3(6)11-5(7)8-2/h1H3. The van der Waals surface area contributed by atoms with Crippen LogP contribution in [0.1, 0.15) is 10.5 Å². The number of carbonyl (C=O) groups excluding carboxylic acids is 1. The summed E-state index contributed by atoms with van der Waals surface area (Å²) in [6.07, 6.45) is 0. The molecule has 0 bridgehead atoms. The number of thiazole rings is 1. The second kappa shape index (κ2) is 3.51. The summed E-state index contributed by atoms with van der Waals surface area (Å²) in [5.41, 5.74) is 0.225. The fourth-order valence-electron chi connectivity index (χ4n) is 0.500. The van der Waals surface area contributed by atoms with Gasteiger partial charge in [-0.05, 0) is 15.9 Å². The fourth-order valence-corrected chi connectivity index (χ4v) is 2.32. The van der Waals surface area contributed by atoms with Crippen LogP contribution >= 0.6 is 38.9 Å². The summed E-state index contributed by atoms with van der Waals surface area (Å²) in [4.78, 5) is 14.6. The molecule has 6 heteroatoms. The van der Waals surface area contributed by atoms with Crippen LogP contribution in [0.15, 0.2) is 3.79 Å². The second-order valence-electron chi connectivity index (χ2n) is 1.58. The van der Waals surface area contributed by atoms with Gasteiger partial charge in [0, 0.05) is 0 Å². The van der Waals surface area contributed by atoms with E-state index in [9.17, 15) is 4.79 Å². The Bertz CT molecular complexity index is 288. The van der Waals surface area contributed by atoms with Gasteiger partial charge in [-0.3, -0.25) is 0 Å². The van der Waals surface area contributed by atoms with Crippen molar-refractivity contribution in [3.63, 3.8) is 0 Å². The minimum absolute atomic E-state index is 0.225. The zero-order chi connectivity index (χ0) is 8.43. The van der Waals surface area contributed by atoms with E-state index in [4.69, 9.17) is 11.6 Å². The minimum atomic E-state index is -0.486. The Morgan fingerprint density at radius 1 is 1.82 bits per heavy atom. The maximum Gasteiger partial charge on any atom is 0.358 e. The lowest BCUT2D eigenvalue weighted by Crippen LogP contribution is -2.01. The van der Waals surface area contributed by atoms with Crippen LogP contribution in [0.2, 0.25) is 4.47 Å². The summed E-state index contributed by atoms with van der Waals surface area (Å²) >= 11 is 9.85. The number of hydrogen-bond donors (Lipinski definition) is 0. The minimum Gasteiger partial charge on any atom is -0.464 e. The lowest BCUT2D eigenvalue weighted by molar-refractivity contribution is 0.0594. The lowest BCUT2D eigenvalue weighted by atomic mass is 10.5. The average molecular weight is 257 g/mol. The highest BCUT2D eigenvalue weighted by Gasteiger charge is 2.15. The van der Waals surface area contributed by atoms with Crippen LogP contribution in [0, 0.1) is 0 Å². The maximum absolute atomic E-state index is 10.9. The van der Waals surface area contributed by atoms with Crippen LogP contribution in [0.25, 0.3) is 0 Å². The van der Waals surface area contributed by atoms with Gasteiger partial charge in [0.2, 0.25) is 0 Å². The van der Waals surface area contributed by atoms with Crippen molar-refractivity contribution in [2.45, 2.75) is 0 Å². The molecule has 1 heterocycles. The first-order chi connectivity index (χ1) is 5.15. The molecule has 11 heavy (non-hydrogen) atoms. The van der Waals surface area contributed by atoms with E-state index in [0.29, 0.717) is 8.25 Å². The molecule has 0 saturated carbocycles. The predicted molar refractivity (Wildman–Crippen MR) is 46.2 cm³/mol. The molecule has 0 spiro atoms. The second-order valence-corrected chi connectivity index (χ2v) is 4.48. The molecular formula is C5H3BrClNO2S. The Morgan fingerprint density at radius 2 is 2.45 bits per heavy atom. The zero-order valence-electron chi connectivity index (χ0n) is 5.43. The quantitative estimate of drug-likeness (QED) is 0.724. The van der Waals surface area contributed by atoms with Gasteiger partial charge in [-0.15, -0.1) is 0 Å². The molecule has 0 unspecified atom stereocenters. The summed E-state index contributed by atoms with van der Waals surface area (Å²) in [5.74, 6) is -0.486. The molecule has 0 aliphatic carbocycles. The van der Waals surface area contributed by atoms with Crippen LogP contribution in [0.4, 0.5) is 0 Å². The highest BCUT2D eigenvalue weighted by molar-refractivity contribution is 9.11. The summed E-state index contributed by atoms with van der Waals surface area (Å²) in [7, 11) is 1.29. The number of ether oxygens (including phenoxy) is 1. The van der Waals surface area contributed by atoms with Gasteiger partial charge in [-0.25, -0.2) is 9.78 Å². The first-order valence-electron chi connectivity index (χ1n) is 2.55. The Hall–Kier alpha value is -0.130. The Labute approximate surface area is 80.5 Å². The van der Waals surface area contributed by atoms with Crippen molar-refractivity contribution in [3.05, 3.63) is 13.9 Å². The van der Waals surface area contributed by atoms with E-state index < -0.39 is 5.97 Å². The van der Waals surface area contributed by atoms with Crippen molar-refractivity contribution in [2.24, 2.45) is 0 Å². The number of carbonyl (C=O) groups is 1. The van der Waals surface area contributed by atoms with E-state index in [2.05, 4.69) is 25.7 Å². The van der Waals surface area contributed by atoms with E-state index in [1.807, 2.05) is 0 Å². The third-order valence-corrected chi connectivity index (χ3v) is 2.75. The van der Waals surface area contributed by atoms with Gasteiger partial charge >= 0.3 is 5.97 Å². The first kappa shape index (κ1) is 8.96. The van der Waals surface area contributed by atoms with Crippen LogP contribution in [0.5, 0.6) is 0 Å². The smallest absolute Gasteiger partial charge is 0.358 e. The Morgan fingerprint density at radius 3 is 2.82 bits per heavy atom. The molecule has 0 aromatic carbocycles. The van der Waals surface area contributed by atoms with Gasteiger partial charge in [-0.2, -0.15) is 0 Å². The molecular weight excluding hydrogens is 253 g/mol. The summed E-state index contributed by atoms with van der Waals surface area (Å²) in [5, 5.41) is 0. The SMILES string of the molecule is COC(=O)c1nc(Cl)sc1Br. The molecule has 0 atom stereocenters. The topological polar surface area (TPSA) is 39.2 Å². The zero-order valence-corrected chi connectivity index (χ0v) is 8.59. The molecule has 1 aromatic heterocycles.